The molecule has 122 valence electrons. The number of nitrogens with zero attached hydrogens (tertiary/aromatic N) is 1. The first-order chi connectivity index (χ1) is 11.4. The standard InChI is InChI=1S/C19H17NO4/c1-20(2)19(24)16-9-5-14(6-10-16)13-3-7-15(8-4-13)17(21)11-12-18(22)23/h3-12H,1-2H3,(H,22,23). The number of carbonyl (C=O) groups is 3. The molecule has 0 saturated heterocycles. The first kappa shape index (κ1) is 17.1. The van der Waals surface area contributed by atoms with E-state index in [4.69, 9.17) is 5.11 Å². The summed E-state index contributed by atoms with van der Waals surface area (Å²) in [5.41, 5.74) is 2.84. The maximum Gasteiger partial charge on any atom is 0.328 e. The van der Waals surface area contributed by atoms with Gasteiger partial charge in [0.1, 0.15) is 0 Å². The van der Waals surface area contributed by atoms with E-state index in [0.29, 0.717) is 11.1 Å². The highest BCUT2D eigenvalue weighted by molar-refractivity contribution is 6.07. The van der Waals surface area contributed by atoms with Crippen LogP contribution >= 0.6 is 0 Å². The fourth-order valence-electron chi connectivity index (χ4n) is 2.13. The van der Waals surface area contributed by atoms with Gasteiger partial charge in [-0.1, -0.05) is 36.4 Å². The van der Waals surface area contributed by atoms with Crippen LogP contribution in [-0.4, -0.2) is 41.8 Å². The lowest BCUT2D eigenvalue weighted by atomic mass is 10.0. The Morgan fingerprint density at radius 3 is 1.67 bits per heavy atom. The van der Waals surface area contributed by atoms with Gasteiger partial charge in [-0.05, 0) is 29.3 Å². The Kier molecular flexibility index (Phi) is 5.27. The molecule has 0 bridgehead atoms. The van der Waals surface area contributed by atoms with E-state index in [1.807, 2.05) is 12.1 Å². The molecule has 2 rings (SSSR count). The fourth-order valence-corrected chi connectivity index (χ4v) is 2.13. The topological polar surface area (TPSA) is 74.7 Å². The van der Waals surface area contributed by atoms with Gasteiger partial charge in [0.25, 0.3) is 5.91 Å². The Morgan fingerprint density at radius 2 is 1.25 bits per heavy atom. The van der Waals surface area contributed by atoms with E-state index in [2.05, 4.69) is 0 Å². The van der Waals surface area contributed by atoms with Crippen molar-refractivity contribution in [3.05, 3.63) is 71.8 Å². The third-order valence-corrected chi connectivity index (χ3v) is 3.42. The normalized spacial score (nSPS) is 10.6. The lowest BCUT2D eigenvalue weighted by Crippen LogP contribution is -2.21. The van der Waals surface area contributed by atoms with Gasteiger partial charge in [0, 0.05) is 31.3 Å². The molecule has 5 heteroatoms. The monoisotopic (exact) mass is 323 g/mol. The minimum atomic E-state index is -1.16. The second-order valence-electron chi connectivity index (χ2n) is 5.39. The molecule has 1 amide bonds. The van der Waals surface area contributed by atoms with Crippen LogP contribution in [0.4, 0.5) is 0 Å². The molecule has 0 aliphatic carbocycles. The summed E-state index contributed by atoms with van der Waals surface area (Å²) in [6.07, 6.45) is 1.84. The number of aliphatic carboxylic acids is 1. The molecule has 0 spiro atoms. The van der Waals surface area contributed by atoms with Gasteiger partial charge < -0.3 is 10.0 Å². The van der Waals surface area contributed by atoms with Gasteiger partial charge in [-0.25, -0.2) is 4.79 Å². The molecule has 0 aliphatic heterocycles. The summed E-state index contributed by atoms with van der Waals surface area (Å²) in [5.74, 6) is -1.59. The quantitative estimate of drug-likeness (QED) is 0.678. The minimum absolute atomic E-state index is 0.0623. The summed E-state index contributed by atoms with van der Waals surface area (Å²) in [7, 11) is 3.40. The first-order valence-corrected chi connectivity index (χ1v) is 7.26. The Labute approximate surface area is 139 Å². The maximum absolute atomic E-state index is 11.9. The second-order valence-corrected chi connectivity index (χ2v) is 5.39. The van der Waals surface area contributed by atoms with Gasteiger partial charge in [0.15, 0.2) is 5.78 Å². The number of hydrogen-bond acceptors (Lipinski definition) is 3. The van der Waals surface area contributed by atoms with Crippen molar-refractivity contribution in [3.8, 4) is 11.1 Å². The Balaban J connectivity index is 2.17. The molecule has 2 aromatic carbocycles. The van der Waals surface area contributed by atoms with Crippen molar-refractivity contribution in [3.63, 3.8) is 0 Å². The van der Waals surface area contributed by atoms with Crippen LogP contribution in [0.25, 0.3) is 11.1 Å². The van der Waals surface area contributed by atoms with Crippen LogP contribution in [0.2, 0.25) is 0 Å². The highest BCUT2D eigenvalue weighted by atomic mass is 16.4. The van der Waals surface area contributed by atoms with Crippen molar-refractivity contribution >= 4 is 17.7 Å². The van der Waals surface area contributed by atoms with Crippen LogP contribution in [-0.2, 0) is 4.79 Å². The number of benzene rings is 2. The molecule has 0 fully saturated rings. The number of carbonyl (C=O) groups excluding carboxylic acids is 2. The summed E-state index contributed by atoms with van der Waals surface area (Å²) in [5, 5.41) is 8.53. The van der Waals surface area contributed by atoms with E-state index in [1.54, 1.807) is 50.5 Å². The Bertz CT molecular complexity index is 787. The first-order valence-electron chi connectivity index (χ1n) is 7.26. The summed E-state index contributed by atoms with van der Waals surface area (Å²) in [6, 6.07) is 14.1. The number of carboxylic acids is 1. The van der Waals surface area contributed by atoms with E-state index in [1.165, 1.54) is 4.90 Å². The average Bonchev–Trinajstić information content (AvgIpc) is 2.59. The SMILES string of the molecule is CN(C)C(=O)c1ccc(-c2ccc(C(=O)C=CC(=O)O)cc2)cc1. The number of allylic oxidation sites excluding steroid dienone is 1. The third-order valence-electron chi connectivity index (χ3n) is 3.42. The van der Waals surface area contributed by atoms with Crippen molar-refractivity contribution < 1.29 is 19.5 Å². The average molecular weight is 323 g/mol. The zero-order valence-electron chi connectivity index (χ0n) is 13.4. The highest BCUT2D eigenvalue weighted by Gasteiger charge is 2.08. The highest BCUT2D eigenvalue weighted by Crippen LogP contribution is 2.21. The Morgan fingerprint density at radius 1 is 0.792 bits per heavy atom. The molecule has 0 heterocycles. The molecule has 5 nitrogen and oxygen atoms in total. The van der Waals surface area contributed by atoms with Gasteiger partial charge in [0.2, 0.25) is 0 Å². The van der Waals surface area contributed by atoms with Crippen molar-refractivity contribution in [2.75, 3.05) is 14.1 Å². The number of ketones is 1. The molecule has 0 radical (unpaired) electrons. The molecule has 0 saturated carbocycles. The van der Waals surface area contributed by atoms with Crippen LogP contribution in [0.5, 0.6) is 0 Å². The van der Waals surface area contributed by atoms with Crippen LogP contribution in [0.3, 0.4) is 0 Å². The van der Waals surface area contributed by atoms with Crippen LogP contribution < -0.4 is 0 Å². The fraction of sp³-hybridized carbons (Fsp3) is 0.105. The molecule has 24 heavy (non-hydrogen) atoms. The molecule has 0 aromatic heterocycles. The predicted molar refractivity (Wildman–Crippen MR) is 91.0 cm³/mol. The zero-order chi connectivity index (χ0) is 17.7. The lowest BCUT2D eigenvalue weighted by molar-refractivity contribution is -0.131. The number of hydrogen-bond donors (Lipinski definition) is 1. The summed E-state index contributed by atoms with van der Waals surface area (Å²) in [4.78, 5) is 35.6. The zero-order valence-corrected chi connectivity index (χ0v) is 13.4. The van der Waals surface area contributed by atoms with Gasteiger partial charge in [-0.3, -0.25) is 9.59 Å². The summed E-state index contributed by atoms with van der Waals surface area (Å²) >= 11 is 0. The molecular weight excluding hydrogens is 306 g/mol. The summed E-state index contributed by atoms with van der Waals surface area (Å²) < 4.78 is 0. The van der Waals surface area contributed by atoms with E-state index < -0.39 is 5.97 Å². The smallest absolute Gasteiger partial charge is 0.328 e. The van der Waals surface area contributed by atoms with E-state index in [9.17, 15) is 14.4 Å². The van der Waals surface area contributed by atoms with Crippen LogP contribution in [0.1, 0.15) is 20.7 Å². The van der Waals surface area contributed by atoms with Crippen LogP contribution in [0, 0.1) is 0 Å². The molecule has 0 atom stereocenters. The van der Waals surface area contributed by atoms with Gasteiger partial charge >= 0.3 is 5.97 Å². The molecule has 0 aliphatic rings. The number of rotatable bonds is 5. The number of carboxylic acid groups (broad SMARTS) is 1. The molecular formula is C19H17NO4. The largest absolute Gasteiger partial charge is 0.478 e. The van der Waals surface area contributed by atoms with Gasteiger partial charge in [-0.15, -0.1) is 0 Å². The van der Waals surface area contributed by atoms with E-state index >= 15 is 0 Å². The predicted octanol–water partition coefficient (Wildman–Crippen LogP) is 2.88. The molecule has 2 aromatic rings. The van der Waals surface area contributed by atoms with Crippen molar-refractivity contribution in [1.29, 1.82) is 0 Å². The Hall–Kier alpha value is -3.21. The van der Waals surface area contributed by atoms with Crippen molar-refractivity contribution in [2.45, 2.75) is 0 Å². The minimum Gasteiger partial charge on any atom is -0.478 e. The van der Waals surface area contributed by atoms with E-state index in [0.717, 1.165) is 23.3 Å². The van der Waals surface area contributed by atoms with Gasteiger partial charge in [-0.2, -0.15) is 0 Å². The van der Waals surface area contributed by atoms with E-state index in [-0.39, 0.29) is 11.7 Å². The number of amides is 1. The molecule has 0 unspecified atom stereocenters. The van der Waals surface area contributed by atoms with Gasteiger partial charge in [0.05, 0.1) is 0 Å². The maximum atomic E-state index is 11.9. The van der Waals surface area contributed by atoms with Crippen molar-refractivity contribution in [1.82, 2.24) is 4.90 Å². The van der Waals surface area contributed by atoms with Crippen molar-refractivity contribution in [2.24, 2.45) is 0 Å². The van der Waals surface area contributed by atoms with Crippen LogP contribution in [0.15, 0.2) is 60.7 Å². The third kappa shape index (κ3) is 4.16. The lowest BCUT2D eigenvalue weighted by Gasteiger charge is -2.10. The second kappa shape index (κ2) is 7.37. The molecule has 1 N–H and O–H groups in total. The summed E-state index contributed by atoms with van der Waals surface area (Å²) in [6.45, 7) is 0.